The van der Waals surface area contributed by atoms with Crippen LogP contribution in [0.2, 0.25) is 0 Å². The number of aromatic amines is 1. The van der Waals surface area contributed by atoms with Crippen molar-refractivity contribution in [1.29, 1.82) is 0 Å². The quantitative estimate of drug-likeness (QED) is 0.714. The first-order valence-corrected chi connectivity index (χ1v) is 8.61. The van der Waals surface area contributed by atoms with Crippen LogP contribution in [0.5, 0.6) is 11.5 Å². The first kappa shape index (κ1) is 16.7. The van der Waals surface area contributed by atoms with Crippen LogP contribution in [0, 0.1) is 0 Å². The maximum Gasteiger partial charge on any atom is 0.167 e. The molecule has 1 aromatic heterocycles. The minimum atomic E-state index is 0.847. The van der Waals surface area contributed by atoms with E-state index in [0.717, 1.165) is 24.6 Å². The molecule has 0 atom stereocenters. The fourth-order valence-corrected chi connectivity index (χ4v) is 3.41. The molecule has 24 heavy (non-hydrogen) atoms. The third-order valence-electron chi connectivity index (χ3n) is 4.84. The summed E-state index contributed by atoms with van der Waals surface area (Å²) in [6, 6.07) is 10.5. The number of hydrogen-bond donors (Lipinski definition) is 2. The van der Waals surface area contributed by atoms with E-state index in [4.69, 9.17) is 9.47 Å². The summed E-state index contributed by atoms with van der Waals surface area (Å²) in [5.41, 5.74) is 2.67. The van der Waals surface area contributed by atoms with Crippen LogP contribution in [0.25, 0.3) is 0 Å². The fourth-order valence-electron chi connectivity index (χ4n) is 3.41. The summed E-state index contributed by atoms with van der Waals surface area (Å²) in [4.78, 5) is 6.39. The molecule has 0 bridgehead atoms. The summed E-state index contributed by atoms with van der Waals surface area (Å²) >= 11 is 0. The van der Waals surface area contributed by atoms with Crippen molar-refractivity contribution in [1.82, 2.24) is 0 Å². The summed E-state index contributed by atoms with van der Waals surface area (Å²) < 4.78 is 10.8. The highest BCUT2D eigenvalue weighted by atomic mass is 16.5. The zero-order chi connectivity index (χ0) is 16.8. The maximum absolute atomic E-state index is 5.53. The first-order chi connectivity index (χ1) is 11.8. The number of ether oxygens (including phenoxy) is 2. The Labute approximate surface area is 143 Å². The number of benzene rings is 1. The number of quaternary nitrogens is 2. The number of nitrogens with one attached hydrogen (secondary N) is 3. The second-order valence-corrected chi connectivity index (χ2v) is 6.44. The van der Waals surface area contributed by atoms with Crippen molar-refractivity contribution in [3.63, 3.8) is 0 Å². The van der Waals surface area contributed by atoms with Crippen molar-refractivity contribution < 1.29 is 24.3 Å². The molecule has 1 fully saturated rings. The summed E-state index contributed by atoms with van der Waals surface area (Å²) in [6.07, 6.45) is 4.01. The number of piperazine rings is 1. The monoisotopic (exact) mass is 330 g/mol. The van der Waals surface area contributed by atoms with Crippen LogP contribution in [0.15, 0.2) is 42.7 Å². The van der Waals surface area contributed by atoms with Gasteiger partial charge in [-0.25, -0.2) is 4.98 Å². The molecular weight excluding hydrogens is 302 g/mol. The van der Waals surface area contributed by atoms with E-state index in [1.54, 1.807) is 24.0 Å². The van der Waals surface area contributed by atoms with Crippen LogP contribution in [-0.2, 0) is 13.1 Å². The molecule has 0 radical (unpaired) electrons. The summed E-state index contributed by atoms with van der Waals surface area (Å²) in [5.74, 6) is 1.78. The second-order valence-electron chi connectivity index (χ2n) is 6.44. The third-order valence-corrected chi connectivity index (χ3v) is 4.84. The van der Waals surface area contributed by atoms with Gasteiger partial charge in [0.1, 0.15) is 50.8 Å². The highest BCUT2D eigenvalue weighted by Gasteiger charge is 2.24. The number of methoxy groups -OCH3 is 2. The molecule has 0 aliphatic carbocycles. The van der Waals surface area contributed by atoms with Gasteiger partial charge in [0.15, 0.2) is 12.4 Å². The molecule has 0 spiro atoms. The molecule has 3 rings (SSSR count). The van der Waals surface area contributed by atoms with Crippen LogP contribution < -0.4 is 24.3 Å². The Morgan fingerprint density at radius 3 is 2.17 bits per heavy atom. The Bertz CT molecular complexity index is 640. The van der Waals surface area contributed by atoms with Crippen LogP contribution in [-0.4, -0.2) is 40.4 Å². The number of pyridine rings is 1. The summed E-state index contributed by atoms with van der Waals surface area (Å²) in [5, 5.41) is 0. The highest BCUT2D eigenvalue weighted by molar-refractivity contribution is 5.40. The van der Waals surface area contributed by atoms with Crippen LogP contribution in [0.3, 0.4) is 0 Å². The van der Waals surface area contributed by atoms with E-state index >= 15 is 0 Å². The molecule has 5 nitrogen and oxygen atoms in total. The van der Waals surface area contributed by atoms with Gasteiger partial charge in [0.05, 0.1) is 14.2 Å². The lowest BCUT2D eigenvalue weighted by atomic mass is 10.1. The molecule has 2 aromatic rings. The van der Waals surface area contributed by atoms with Gasteiger partial charge in [0.2, 0.25) is 0 Å². The second kappa shape index (κ2) is 8.13. The predicted octanol–water partition coefficient (Wildman–Crippen LogP) is -0.998. The highest BCUT2D eigenvalue weighted by Crippen LogP contribution is 2.23. The van der Waals surface area contributed by atoms with Gasteiger partial charge in [-0.2, -0.15) is 0 Å². The van der Waals surface area contributed by atoms with Crippen LogP contribution in [0.4, 0.5) is 0 Å². The lowest BCUT2D eigenvalue weighted by Gasteiger charge is -2.30. The van der Waals surface area contributed by atoms with Crippen molar-refractivity contribution in [3.05, 3.63) is 53.9 Å². The van der Waals surface area contributed by atoms with Crippen molar-refractivity contribution in [2.45, 2.75) is 13.1 Å². The fraction of sp³-hybridized carbons (Fsp3) is 0.421. The number of rotatable bonds is 6. The van der Waals surface area contributed by atoms with E-state index in [9.17, 15) is 0 Å². The Hall–Kier alpha value is -2.11. The molecule has 3 N–H and O–H groups in total. The minimum absolute atomic E-state index is 0.847. The van der Waals surface area contributed by atoms with Crippen LogP contribution >= 0.6 is 0 Å². The predicted molar refractivity (Wildman–Crippen MR) is 91.3 cm³/mol. The van der Waals surface area contributed by atoms with Gasteiger partial charge in [-0.05, 0) is 12.1 Å². The SMILES string of the molecule is COc1ccc(C[NH+]2CC[NH+](Cc3cc[nH+]cc3)CC2)c(OC)c1. The summed E-state index contributed by atoms with van der Waals surface area (Å²) in [7, 11) is 3.42. The molecule has 1 aliphatic rings. The largest absolute Gasteiger partial charge is 0.497 e. The average molecular weight is 330 g/mol. The molecule has 128 valence electrons. The third kappa shape index (κ3) is 4.24. The lowest BCUT2D eigenvalue weighted by Crippen LogP contribution is -3.27. The molecule has 2 heterocycles. The summed E-state index contributed by atoms with van der Waals surface area (Å²) in [6.45, 7) is 6.96. The van der Waals surface area contributed by atoms with Gasteiger partial charge in [-0.15, -0.1) is 0 Å². The van der Waals surface area contributed by atoms with E-state index in [-0.39, 0.29) is 0 Å². The molecule has 0 unspecified atom stereocenters. The average Bonchev–Trinajstić information content (AvgIpc) is 2.64. The van der Waals surface area contributed by atoms with E-state index in [2.05, 4.69) is 23.2 Å². The smallest absolute Gasteiger partial charge is 0.167 e. The van der Waals surface area contributed by atoms with Crippen molar-refractivity contribution in [2.24, 2.45) is 0 Å². The van der Waals surface area contributed by atoms with E-state index in [0.29, 0.717) is 0 Å². The Morgan fingerprint density at radius 1 is 0.875 bits per heavy atom. The van der Waals surface area contributed by atoms with Gasteiger partial charge in [-0.1, -0.05) is 0 Å². The van der Waals surface area contributed by atoms with Gasteiger partial charge < -0.3 is 19.3 Å². The zero-order valence-corrected chi connectivity index (χ0v) is 14.6. The van der Waals surface area contributed by atoms with Crippen molar-refractivity contribution in [3.8, 4) is 11.5 Å². The van der Waals surface area contributed by atoms with Gasteiger partial charge >= 0.3 is 0 Å². The van der Waals surface area contributed by atoms with Crippen molar-refractivity contribution in [2.75, 3.05) is 40.4 Å². The van der Waals surface area contributed by atoms with Crippen LogP contribution in [0.1, 0.15) is 11.1 Å². The maximum atomic E-state index is 5.53. The Balaban J connectivity index is 1.54. The molecule has 5 heteroatoms. The van der Waals surface area contributed by atoms with E-state index < -0.39 is 0 Å². The van der Waals surface area contributed by atoms with Gasteiger partial charge in [0.25, 0.3) is 0 Å². The topological polar surface area (TPSA) is 41.5 Å². The molecule has 0 amide bonds. The number of aromatic nitrogens is 1. The standard InChI is InChI=1S/C19H25N3O2/c1-23-18-4-3-17(19(13-18)24-2)15-22-11-9-21(10-12-22)14-16-5-7-20-8-6-16/h3-8,13H,9-12,14-15H2,1-2H3/p+3. The Kier molecular flexibility index (Phi) is 5.67. The lowest BCUT2D eigenvalue weighted by molar-refractivity contribution is -1.02. The molecule has 1 saturated heterocycles. The van der Waals surface area contributed by atoms with E-state index in [1.165, 1.54) is 37.3 Å². The molecule has 0 saturated carbocycles. The first-order valence-electron chi connectivity index (χ1n) is 8.61. The normalized spacial score (nSPS) is 20.6. The number of hydrogen-bond acceptors (Lipinski definition) is 2. The number of H-pyrrole nitrogens is 1. The van der Waals surface area contributed by atoms with Gasteiger partial charge in [0, 0.05) is 29.3 Å². The van der Waals surface area contributed by atoms with E-state index in [1.807, 2.05) is 24.5 Å². The van der Waals surface area contributed by atoms with Crippen molar-refractivity contribution >= 4 is 0 Å². The zero-order valence-electron chi connectivity index (χ0n) is 14.6. The minimum Gasteiger partial charge on any atom is -0.497 e. The van der Waals surface area contributed by atoms with Gasteiger partial charge in [-0.3, -0.25) is 0 Å². The molecular formula is C19H28N3O2+3. The Morgan fingerprint density at radius 2 is 1.54 bits per heavy atom. The molecule has 1 aromatic carbocycles. The molecule has 1 aliphatic heterocycles.